The molecule has 0 amide bonds. The second kappa shape index (κ2) is 6.10. The maximum absolute atomic E-state index is 12.8. The van der Waals surface area contributed by atoms with Crippen LogP contribution in [0.15, 0.2) is 0 Å². The number of esters is 2. The Bertz CT molecular complexity index is 488. The lowest BCUT2D eigenvalue weighted by atomic mass is 9.79. The van der Waals surface area contributed by atoms with Crippen molar-refractivity contribution in [1.82, 2.24) is 0 Å². The number of carbonyl (C=O) groups is 2. The topological polar surface area (TPSA) is 52.6 Å². The molecular weight excluding hydrogens is 292 g/mol. The Hall–Kier alpha value is -1.06. The molecule has 0 heterocycles. The lowest BCUT2D eigenvalue weighted by molar-refractivity contribution is -0.170. The molecule has 128 valence electrons. The van der Waals surface area contributed by atoms with Crippen molar-refractivity contribution < 1.29 is 19.1 Å². The molecule has 4 fully saturated rings. The van der Waals surface area contributed by atoms with Crippen molar-refractivity contribution in [3.05, 3.63) is 0 Å². The van der Waals surface area contributed by atoms with Crippen LogP contribution in [0.5, 0.6) is 0 Å². The molecule has 7 atom stereocenters. The van der Waals surface area contributed by atoms with Gasteiger partial charge >= 0.3 is 11.9 Å². The van der Waals surface area contributed by atoms with Crippen LogP contribution in [0.3, 0.4) is 0 Å². The van der Waals surface area contributed by atoms with E-state index in [0.717, 1.165) is 25.2 Å². The summed E-state index contributed by atoms with van der Waals surface area (Å²) in [5.41, 5.74) is 0. The van der Waals surface area contributed by atoms with Crippen LogP contribution in [0.4, 0.5) is 0 Å². The minimum absolute atomic E-state index is 0.0526. The Morgan fingerprint density at radius 1 is 0.913 bits per heavy atom. The minimum atomic E-state index is -0.677. The van der Waals surface area contributed by atoms with Gasteiger partial charge in [0, 0.05) is 0 Å². The van der Waals surface area contributed by atoms with Crippen LogP contribution >= 0.6 is 0 Å². The van der Waals surface area contributed by atoms with E-state index in [2.05, 4.69) is 0 Å². The van der Waals surface area contributed by atoms with Crippen LogP contribution in [0.25, 0.3) is 0 Å². The lowest BCUT2D eigenvalue weighted by Crippen LogP contribution is -2.39. The van der Waals surface area contributed by atoms with E-state index in [-0.39, 0.29) is 24.0 Å². The largest absolute Gasteiger partial charge is 0.465 e. The van der Waals surface area contributed by atoms with Gasteiger partial charge in [0.1, 0.15) is 6.10 Å². The summed E-state index contributed by atoms with van der Waals surface area (Å²) in [4.78, 5) is 25.3. The highest BCUT2D eigenvalue weighted by molar-refractivity contribution is 5.95. The third-order valence-electron chi connectivity index (χ3n) is 6.96. The van der Waals surface area contributed by atoms with Crippen LogP contribution in [-0.4, -0.2) is 24.6 Å². The monoisotopic (exact) mass is 320 g/mol. The number of ether oxygens (including phenoxy) is 2. The number of rotatable bonds is 5. The molecule has 0 saturated heterocycles. The molecular formula is C19H28O4. The number of hydrogen-bond donors (Lipinski definition) is 0. The highest BCUT2D eigenvalue weighted by atomic mass is 16.6. The number of fused-ring (bicyclic) bond motifs is 4. The summed E-state index contributed by atoms with van der Waals surface area (Å²) >= 11 is 0. The smallest absolute Gasteiger partial charge is 0.320 e. The first-order valence-corrected chi connectivity index (χ1v) is 9.52. The SMILES string of the molecule is CCOC(=O)C(C(=O)OC1CC2CCC1C2)C1CC2CCC1C2. The molecule has 4 aliphatic rings. The quantitative estimate of drug-likeness (QED) is 0.576. The predicted octanol–water partition coefficient (Wildman–Crippen LogP) is 3.33. The lowest BCUT2D eigenvalue weighted by Gasteiger charge is -2.30. The average molecular weight is 320 g/mol. The zero-order valence-corrected chi connectivity index (χ0v) is 14.0. The first-order valence-electron chi connectivity index (χ1n) is 9.52. The van der Waals surface area contributed by atoms with Gasteiger partial charge in [0.2, 0.25) is 0 Å². The number of carbonyl (C=O) groups excluding carboxylic acids is 2. The van der Waals surface area contributed by atoms with E-state index >= 15 is 0 Å². The van der Waals surface area contributed by atoms with Crippen LogP contribution in [0.1, 0.15) is 58.3 Å². The van der Waals surface area contributed by atoms with E-state index < -0.39 is 5.92 Å². The molecule has 4 aliphatic carbocycles. The Morgan fingerprint density at radius 3 is 2.13 bits per heavy atom. The fraction of sp³-hybridized carbons (Fsp3) is 0.895. The van der Waals surface area contributed by atoms with Crippen molar-refractivity contribution in [2.45, 2.75) is 64.4 Å². The summed E-state index contributed by atoms with van der Waals surface area (Å²) in [5, 5.41) is 0. The normalized spacial score (nSPS) is 42.0. The van der Waals surface area contributed by atoms with Crippen molar-refractivity contribution in [3.8, 4) is 0 Å². The summed E-state index contributed by atoms with van der Waals surface area (Å²) in [6, 6.07) is 0. The minimum Gasteiger partial charge on any atom is -0.465 e. The van der Waals surface area contributed by atoms with E-state index in [4.69, 9.17) is 9.47 Å². The summed E-state index contributed by atoms with van der Waals surface area (Å²) in [6.07, 6.45) is 9.33. The van der Waals surface area contributed by atoms with Crippen LogP contribution in [0.2, 0.25) is 0 Å². The summed E-state index contributed by atoms with van der Waals surface area (Å²) in [5.74, 6) is 1.33. The first kappa shape index (κ1) is 15.5. The summed E-state index contributed by atoms with van der Waals surface area (Å²) in [7, 11) is 0. The maximum atomic E-state index is 12.8. The molecule has 0 aromatic rings. The molecule has 4 nitrogen and oxygen atoms in total. The van der Waals surface area contributed by atoms with Gasteiger partial charge in [-0.25, -0.2) is 0 Å². The van der Waals surface area contributed by atoms with Crippen LogP contribution in [-0.2, 0) is 19.1 Å². The number of hydrogen-bond acceptors (Lipinski definition) is 4. The van der Waals surface area contributed by atoms with Gasteiger partial charge in [0.05, 0.1) is 6.61 Å². The van der Waals surface area contributed by atoms with Crippen molar-refractivity contribution >= 4 is 11.9 Å². The molecule has 0 spiro atoms. The Labute approximate surface area is 138 Å². The molecule has 23 heavy (non-hydrogen) atoms. The van der Waals surface area contributed by atoms with Crippen LogP contribution in [0, 0.1) is 35.5 Å². The zero-order chi connectivity index (χ0) is 16.0. The Balaban J connectivity index is 1.46. The van der Waals surface area contributed by atoms with Gasteiger partial charge in [-0.05, 0) is 81.5 Å². The van der Waals surface area contributed by atoms with Crippen molar-refractivity contribution in [2.24, 2.45) is 35.5 Å². The van der Waals surface area contributed by atoms with Crippen molar-refractivity contribution in [3.63, 3.8) is 0 Å². The van der Waals surface area contributed by atoms with Gasteiger partial charge in [-0.2, -0.15) is 0 Å². The first-order chi connectivity index (χ1) is 11.2. The molecule has 0 N–H and O–H groups in total. The predicted molar refractivity (Wildman–Crippen MR) is 84.4 cm³/mol. The zero-order valence-electron chi connectivity index (χ0n) is 14.0. The van der Waals surface area contributed by atoms with E-state index in [1.54, 1.807) is 6.92 Å². The van der Waals surface area contributed by atoms with E-state index in [9.17, 15) is 9.59 Å². The molecule has 0 aromatic heterocycles. The molecule has 7 unspecified atom stereocenters. The summed E-state index contributed by atoms with van der Waals surface area (Å²) in [6.45, 7) is 2.13. The van der Waals surface area contributed by atoms with E-state index in [1.807, 2.05) is 0 Å². The van der Waals surface area contributed by atoms with E-state index in [0.29, 0.717) is 24.4 Å². The Kier molecular flexibility index (Phi) is 4.10. The van der Waals surface area contributed by atoms with Gasteiger partial charge in [-0.1, -0.05) is 6.42 Å². The summed E-state index contributed by atoms with van der Waals surface area (Å²) < 4.78 is 11.1. The molecule has 4 rings (SSSR count). The van der Waals surface area contributed by atoms with E-state index in [1.165, 1.54) is 32.1 Å². The van der Waals surface area contributed by atoms with Crippen molar-refractivity contribution in [2.75, 3.05) is 6.61 Å². The Morgan fingerprint density at radius 2 is 1.61 bits per heavy atom. The molecule has 0 aromatic carbocycles. The fourth-order valence-corrected chi connectivity index (χ4v) is 5.93. The van der Waals surface area contributed by atoms with Crippen molar-refractivity contribution in [1.29, 1.82) is 0 Å². The average Bonchev–Trinajstić information content (AvgIpc) is 3.28. The second-order valence-electron chi connectivity index (χ2n) is 8.22. The maximum Gasteiger partial charge on any atom is 0.320 e. The fourth-order valence-electron chi connectivity index (χ4n) is 5.93. The van der Waals surface area contributed by atoms with Gasteiger partial charge < -0.3 is 9.47 Å². The third-order valence-corrected chi connectivity index (χ3v) is 6.96. The van der Waals surface area contributed by atoms with Crippen LogP contribution < -0.4 is 0 Å². The standard InChI is InChI=1S/C19H28O4/c1-2-22-18(20)17(15-9-11-3-5-13(15)7-11)19(21)23-16-10-12-4-6-14(16)8-12/h11-17H,2-10H2,1H3. The third kappa shape index (κ3) is 2.78. The van der Waals surface area contributed by atoms with Gasteiger partial charge in [0.25, 0.3) is 0 Å². The molecule has 4 saturated carbocycles. The van der Waals surface area contributed by atoms with Gasteiger partial charge in [-0.15, -0.1) is 0 Å². The molecule has 4 bridgehead atoms. The van der Waals surface area contributed by atoms with Gasteiger partial charge in [-0.3, -0.25) is 9.59 Å². The second-order valence-corrected chi connectivity index (χ2v) is 8.22. The highest BCUT2D eigenvalue weighted by Crippen LogP contribution is 2.52. The van der Waals surface area contributed by atoms with Gasteiger partial charge in [0.15, 0.2) is 5.92 Å². The molecule has 0 radical (unpaired) electrons. The highest BCUT2D eigenvalue weighted by Gasteiger charge is 2.50. The molecule has 0 aliphatic heterocycles. The molecule has 4 heteroatoms.